The molecule has 0 spiro atoms. The molecule has 4 bridgehead atoms. The maximum absolute atomic E-state index is 13.8. The third-order valence-electron chi connectivity index (χ3n) is 17.7. The molecule has 4 amide bonds. The number of thiazole rings is 1. The van der Waals surface area contributed by atoms with Crippen molar-refractivity contribution in [2.45, 2.75) is 130 Å². The van der Waals surface area contributed by atoms with Crippen molar-refractivity contribution in [1.82, 2.24) is 30.0 Å². The Balaban J connectivity index is 0.776. The summed E-state index contributed by atoms with van der Waals surface area (Å²) in [6, 6.07) is 20.3. The molecule has 11 rings (SSSR count). The van der Waals surface area contributed by atoms with Crippen LogP contribution in [0.3, 0.4) is 0 Å². The zero-order chi connectivity index (χ0) is 63.6. The molecule has 472 valence electrons. The summed E-state index contributed by atoms with van der Waals surface area (Å²) >= 11 is 1.41. The highest BCUT2D eigenvalue weighted by molar-refractivity contribution is 7.85. The lowest BCUT2D eigenvalue weighted by atomic mass is 9.39. The first-order valence-corrected chi connectivity index (χ1v) is 32.5. The van der Waals surface area contributed by atoms with E-state index in [1.807, 2.05) is 71.1 Å². The summed E-state index contributed by atoms with van der Waals surface area (Å²) in [7, 11) is -2.48. The summed E-state index contributed by atoms with van der Waals surface area (Å²) in [6.45, 7) is 13.7. The van der Waals surface area contributed by atoms with Gasteiger partial charge >= 0.3 is 12.1 Å². The van der Waals surface area contributed by atoms with Gasteiger partial charge in [0.1, 0.15) is 25.1 Å². The van der Waals surface area contributed by atoms with Gasteiger partial charge in [-0.25, -0.2) is 19.6 Å². The summed E-state index contributed by atoms with van der Waals surface area (Å²) in [5.41, 5.74) is 11.8. The molecule has 22 nitrogen and oxygen atoms in total. The van der Waals surface area contributed by atoms with Crippen molar-refractivity contribution >= 4 is 78.1 Å². The number of ether oxygens (including phenoxy) is 3. The quantitative estimate of drug-likeness (QED) is 0.0198. The minimum atomic E-state index is -4.13. The van der Waals surface area contributed by atoms with Crippen LogP contribution in [-0.4, -0.2) is 136 Å². The van der Waals surface area contributed by atoms with Crippen molar-refractivity contribution in [3.8, 4) is 23.0 Å². The number of hydrogen-bond donors (Lipinski definition) is 6. The van der Waals surface area contributed by atoms with E-state index >= 15 is 0 Å². The van der Waals surface area contributed by atoms with Gasteiger partial charge in [-0.1, -0.05) is 81.2 Å². The molecule has 3 aromatic carbocycles. The number of amides is 4. The molecule has 24 heteroatoms. The van der Waals surface area contributed by atoms with Gasteiger partial charge in [0.25, 0.3) is 16.0 Å². The second-order valence-corrected chi connectivity index (χ2v) is 28.4. The molecular formula is C65H78N10O12S2. The number of nitrogens with zero attached hydrogens (tertiary/aromatic N) is 6. The predicted molar refractivity (Wildman–Crippen MR) is 338 cm³/mol. The Bertz CT molecular complexity index is 3840. The summed E-state index contributed by atoms with van der Waals surface area (Å²) < 4.78 is 52.5. The lowest BCUT2D eigenvalue weighted by Gasteiger charge is -2.69. The van der Waals surface area contributed by atoms with E-state index in [1.54, 1.807) is 52.2 Å². The number of fused-ring (bicyclic) bond motifs is 2. The van der Waals surface area contributed by atoms with Crippen LogP contribution in [0.2, 0.25) is 0 Å². The Kier molecular flexibility index (Phi) is 18.7. The van der Waals surface area contributed by atoms with Crippen molar-refractivity contribution in [3.05, 3.63) is 118 Å². The molecule has 3 aromatic heterocycles. The van der Waals surface area contributed by atoms with Crippen LogP contribution in [-0.2, 0) is 60.0 Å². The van der Waals surface area contributed by atoms with Crippen LogP contribution >= 0.6 is 11.3 Å². The number of benzene rings is 3. The highest BCUT2D eigenvalue weighted by Gasteiger charge is 2.66. The highest BCUT2D eigenvalue weighted by Crippen LogP contribution is 2.72. The smallest absolute Gasteiger partial charge is 0.409 e. The van der Waals surface area contributed by atoms with Gasteiger partial charge in [0.15, 0.2) is 10.8 Å². The van der Waals surface area contributed by atoms with Gasteiger partial charge in [-0.15, -0.1) is 0 Å². The third-order valence-corrected chi connectivity index (χ3v) is 19.5. The minimum Gasteiger partial charge on any atom is -0.476 e. The highest BCUT2D eigenvalue weighted by atomic mass is 32.2. The molecule has 4 aliphatic carbocycles. The number of anilines is 3. The molecule has 0 saturated heterocycles. The molecule has 0 radical (unpaired) electrons. The fourth-order valence-corrected chi connectivity index (χ4v) is 15.9. The first-order valence-electron chi connectivity index (χ1n) is 30.0. The van der Waals surface area contributed by atoms with Gasteiger partial charge in [-0.2, -0.15) is 13.5 Å². The maximum atomic E-state index is 13.8. The monoisotopic (exact) mass is 1250 g/mol. The molecule has 5 aliphatic rings. The van der Waals surface area contributed by atoms with E-state index in [0.29, 0.717) is 70.5 Å². The summed E-state index contributed by atoms with van der Waals surface area (Å²) in [5, 5.41) is 24.6. The lowest BCUT2D eigenvalue weighted by molar-refractivity contribution is -0.248. The zero-order valence-corrected chi connectivity index (χ0v) is 52.9. The number of aromatic nitrogens is 4. The summed E-state index contributed by atoms with van der Waals surface area (Å²) in [6.07, 6.45) is 7.46. The molecule has 1 aliphatic heterocycles. The topological polar surface area (TPSA) is 300 Å². The van der Waals surface area contributed by atoms with Crippen LogP contribution < -0.4 is 26.6 Å². The Morgan fingerprint density at radius 3 is 2.39 bits per heavy atom. The molecule has 4 atom stereocenters. The fourth-order valence-electron chi connectivity index (χ4n) is 14.6. The largest absolute Gasteiger partial charge is 0.476 e. The summed E-state index contributed by atoms with van der Waals surface area (Å²) in [4.78, 5) is 79.1. The van der Waals surface area contributed by atoms with Gasteiger partial charge in [0.05, 0.1) is 40.4 Å². The lowest BCUT2D eigenvalue weighted by Crippen LogP contribution is -2.64. The standard InChI is InChI=1S/C65H78N10O12S2/c1-40(2)54(66)58(78)68-41(3)56(76)69-46-19-18-45(44(29-46)14-11-25-85-26-12-28-89(82,83)84)32-86-61(81)73(7)24-27-87-65-36-62(5)33-63(6,37-65)35-64(34-62,38-65)39-75-42(4)49(30-67-75)47-20-21-53(71-55(47)59(79)80)74-23-22-43-13-10-15-48(50(43)31-74)57(77)72-60-70-51-16-8-9-17-52(51)88-60/h8-10,13,15-21,29-30,40-41,54H,12,22-28,31-39,66H2,1-7H3,(H,68,78)(H,69,76)(H,79,80)(H,70,72,77)(H,82,83,84)/t41-,54-,62?,63?,64?,65?/m0/s1. The molecule has 4 heterocycles. The van der Waals surface area contributed by atoms with E-state index in [2.05, 4.69) is 46.6 Å². The molecular weight excluding hydrogens is 1180 g/mol. The number of carbonyl (C=O) groups is 5. The Morgan fingerprint density at radius 1 is 0.899 bits per heavy atom. The number of rotatable bonds is 23. The van der Waals surface area contributed by atoms with E-state index in [1.165, 1.54) is 16.2 Å². The number of para-hydroxylation sites is 1. The second kappa shape index (κ2) is 26.0. The number of pyridine rings is 1. The fraction of sp³-hybridized carbons (Fsp3) is 0.477. The van der Waals surface area contributed by atoms with Crippen molar-refractivity contribution in [1.29, 1.82) is 0 Å². The predicted octanol–water partition coefficient (Wildman–Crippen LogP) is 8.85. The first-order chi connectivity index (χ1) is 42.2. The number of hydrogen-bond acceptors (Lipinski definition) is 16. The van der Waals surface area contributed by atoms with E-state index in [-0.39, 0.29) is 73.2 Å². The van der Waals surface area contributed by atoms with Crippen molar-refractivity contribution < 1.29 is 56.3 Å². The number of likely N-dealkylation sites (N-methyl/N-ethyl adjacent to an activating group) is 1. The van der Waals surface area contributed by atoms with Crippen LogP contribution in [0.15, 0.2) is 79.0 Å². The van der Waals surface area contributed by atoms with E-state index < -0.39 is 57.4 Å². The molecule has 4 saturated carbocycles. The Labute approximate surface area is 522 Å². The second-order valence-electron chi connectivity index (χ2n) is 25.8. The number of nitrogens with one attached hydrogen (secondary N) is 3. The SMILES string of the molecule is Cc1c(-c2ccc(N3CCc4cccc(C(=O)Nc5nc6ccccc6s5)c4C3)nc2C(=O)O)cnn1CC12CC3(C)CC(C)(C1)CC(OCCN(C)C(=O)OCc1ccc(NC(=O)[C@H](C)NC(=O)[C@@H](N)C(C)C)cc1C#CCOCCCS(=O)(=O)O)(C3)C2. The Morgan fingerprint density at radius 2 is 1.66 bits per heavy atom. The van der Waals surface area contributed by atoms with Gasteiger partial charge in [0, 0.05) is 79.0 Å². The van der Waals surface area contributed by atoms with Gasteiger partial charge in [-0.05, 0) is 141 Å². The van der Waals surface area contributed by atoms with Crippen molar-refractivity contribution in [2.75, 3.05) is 61.2 Å². The van der Waals surface area contributed by atoms with Gasteiger partial charge in [-0.3, -0.25) is 28.9 Å². The molecule has 7 N–H and O–H groups in total. The minimum absolute atomic E-state index is 0.00562. The number of nitrogens with two attached hydrogens (primary N) is 1. The Hall–Kier alpha value is -7.79. The van der Waals surface area contributed by atoms with Gasteiger partial charge in [0.2, 0.25) is 11.8 Å². The van der Waals surface area contributed by atoms with Crippen LogP contribution in [0.1, 0.15) is 128 Å². The van der Waals surface area contributed by atoms with Gasteiger partial charge < -0.3 is 45.5 Å². The van der Waals surface area contributed by atoms with E-state index in [4.69, 9.17) is 34.6 Å². The summed E-state index contributed by atoms with van der Waals surface area (Å²) in [5.74, 6) is 3.41. The molecule has 2 unspecified atom stereocenters. The third kappa shape index (κ3) is 14.9. The number of carbonyl (C=O) groups excluding carboxylic acids is 4. The average Bonchev–Trinajstić information content (AvgIpc) is 1.06. The average molecular weight is 1260 g/mol. The molecule has 6 aromatic rings. The van der Waals surface area contributed by atoms with Crippen LogP contribution in [0.4, 0.5) is 21.4 Å². The number of carboxylic acid groups (broad SMARTS) is 1. The normalized spacial score (nSPS) is 21.6. The van der Waals surface area contributed by atoms with E-state index in [9.17, 15) is 37.5 Å². The zero-order valence-electron chi connectivity index (χ0n) is 51.3. The number of carboxylic acids is 1. The van der Waals surface area contributed by atoms with Crippen molar-refractivity contribution in [3.63, 3.8) is 0 Å². The van der Waals surface area contributed by atoms with Crippen molar-refractivity contribution in [2.24, 2.45) is 27.9 Å². The van der Waals surface area contributed by atoms with Crippen LogP contribution in [0.25, 0.3) is 21.3 Å². The van der Waals surface area contributed by atoms with Crippen LogP contribution in [0, 0.1) is 40.9 Å². The maximum Gasteiger partial charge on any atom is 0.409 e. The molecule has 89 heavy (non-hydrogen) atoms. The molecule has 4 fully saturated rings. The first kappa shape index (κ1) is 64.2. The van der Waals surface area contributed by atoms with E-state index in [0.717, 1.165) is 65.6 Å². The van der Waals surface area contributed by atoms with Crippen LogP contribution in [0.5, 0.6) is 0 Å². The number of aromatic carboxylic acids is 1.